The molecule has 0 fully saturated rings. The zero-order chi connectivity index (χ0) is 8.74. The Labute approximate surface area is 74.8 Å². The molecule has 0 N–H and O–H groups in total. The Morgan fingerprint density at radius 3 is 2.09 bits per heavy atom. The molecule has 3 nitrogen and oxygen atoms in total. The van der Waals surface area contributed by atoms with Crippen LogP contribution in [0.1, 0.15) is 13.3 Å². The van der Waals surface area contributed by atoms with E-state index in [9.17, 15) is 0 Å². The molecule has 0 radical (unpaired) electrons. The van der Waals surface area contributed by atoms with Gasteiger partial charge < -0.3 is 13.3 Å². The highest BCUT2D eigenvalue weighted by Gasteiger charge is 2.37. The molecule has 11 heavy (non-hydrogen) atoms. The average Bonchev–Trinajstić information content (AvgIpc) is 2.04. The molecule has 0 unspecified atom stereocenters. The molecular weight excluding hydrogens is 180 g/mol. The zero-order valence-corrected chi connectivity index (χ0v) is 9.19. The molecule has 0 aliphatic rings. The highest BCUT2D eigenvalue weighted by Crippen LogP contribution is 2.15. The molecule has 0 heterocycles. The second-order valence-corrected chi connectivity index (χ2v) is 5.34. The van der Waals surface area contributed by atoms with Gasteiger partial charge in [-0.1, -0.05) is 13.3 Å². The Kier molecular flexibility index (Phi) is 6.26. The monoisotopic (exact) mass is 196 g/mol. The lowest BCUT2D eigenvalue weighted by atomic mass is 10.6. The first kappa shape index (κ1) is 11.4. The molecule has 0 bridgehead atoms. The van der Waals surface area contributed by atoms with Crippen LogP contribution in [-0.2, 0) is 13.3 Å². The highest BCUT2D eigenvalue weighted by molar-refractivity contribution is 7.80. The fourth-order valence-corrected chi connectivity index (χ4v) is 3.24. The highest BCUT2D eigenvalue weighted by atomic mass is 32.1. The molecule has 0 aromatic heterocycles. The van der Waals surface area contributed by atoms with Crippen molar-refractivity contribution in [3.8, 4) is 0 Å². The number of hydrogen-bond donors (Lipinski definition) is 1. The van der Waals surface area contributed by atoms with Crippen LogP contribution >= 0.6 is 12.6 Å². The van der Waals surface area contributed by atoms with Crippen molar-refractivity contribution in [3.05, 3.63) is 0 Å². The minimum absolute atomic E-state index is 0.355. The van der Waals surface area contributed by atoms with E-state index in [-0.39, 0.29) is 0 Å². The summed E-state index contributed by atoms with van der Waals surface area (Å²) >= 11 is 3.97. The third kappa shape index (κ3) is 3.57. The van der Waals surface area contributed by atoms with Crippen molar-refractivity contribution in [1.29, 1.82) is 0 Å². The Morgan fingerprint density at radius 2 is 1.82 bits per heavy atom. The number of thiol groups is 1. The standard InChI is InChI=1S/C6H16O3SSi/c1-4-5-11(7-2,8-3)9-6-10/h10H,4-6H2,1-3H3. The summed E-state index contributed by atoms with van der Waals surface area (Å²) in [4.78, 5) is 0. The van der Waals surface area contributed by atoms with Gasteiger partial charge in [0.25, 0.3) is 0 Å². The molecule has 0 aromatic rings. The van der Waals surface area contributed by atoms with Gasteiger partial charge in [0.05, 0.1) is 5.94 Å². The molecule has 0 saturated heterocycles. The molecule has 5 heteroatoms. The van der Waals surface area contributed by atoms with Gasteiger partial charge in [-0.25, -0.2) is 0 Å². The lowest BCUT2D eigenvalue weighted by Crippen LogP contribution is -2.43. The van der Waals surface area contributed by atoms with Gasteiger partial charge in [-0.2, -0.15) is 12.6 Å². The van der Waals surface area contributed by atoms with Crippen LogP contribution in [0.25, 0.3) is 0 Å². The predicted molar refractivity (Wildman–Crippen MR) is 49.8 cm³/mol. The summed E-state index contributed by atoms with van der Waals surface area (Å²) in [5, 5.41) is 0. The summed E-state index contributed by atoms with van der Waals surface area (Å²) in [6, 6.07) is 0.848. The maximum atomic E-state index is 5.33. The van der Waals surface area contributed by atoms with Crippen molar-refractivity contribution in [3.63, 3.8) is 0 Å². The lowest BCUT2D eigenvalue weighted by molar-refractivity contribution is 0.118. The maximum absolute atomic E-state index is 5.33. The van der Waals surface area contributed by atoms with Gasteiger partial charge in [0.1, 0.15) is 0 Å². The third-order valence-electron chi connectivity index (χ3n) is 1.46. The van der Waals surface area contributed by atoms with E-state index in [0.717, 1.165) is 12.5 Å². The van der Waals surface area contributed by atoms with Gasteiger partial charge in [0.2, 0.25) is 0 Å². The number of rotatable bonds is 6. The van der Waals surface area contributed by atoms with Crippen LogP contribution in [0.15, 0.2) is 0 Å². The van der Waals surface area contributed by atoms with Crippen LogP contribution in [0.4, 0.5) is 0 Å². The van der Waals surface area contributed by atoms with E-state index < -0.39 is 8.80 Å². The van der Waals surface area contributed by atoms with Gasteiger partial charge in [-0.05, 0) is 0 Å². The lowest BCUT2D eigenvalue weighted by Gasteiger charge is -2.24. The fraction of sp³-hybridized carbons (Fsp3) is 1.00. The van der Waals surface area contributed by atoms with Crippen LogP contribution in [0, 0.1) is 0 Å². The summed E-state index contributed by atoms with van der Waals surface area (Å²) in [7, 11) is 0.920. The van der Waals surface area contributed by atoms with Gasteiger partial charge >= 0.3 is 8.80 Å². The van der Waals surface area contributed by atoms with Crippen molar-refractivity contribution >= 4 is 21.4 Å². The summed E-state index contributed by atoms with van der Waals surface area (Å²) in [5.74, 6) is 0.355. The summed E-state index contributed by atoms with van der Waals surface area (Å²) in [5.41, 5.74) is 0. The molecule has 0 aliphatic heterocycles. The minimum Gasteiger partial charge on any atom is -0.377 e. The summed E-state index contributed by atoms with van der Waals surface area (Å²) in [6.45, 7) is 2.07. The van der Waals surface area contributed by atoms with E-state index in [1.165, 1.54) is 0 Å². The fourth-order valence-electron chi connectivity index (χ4n) is 0.882. The zero-order valence-electron chi connectivity index (χ0n) is 7.29. The van der Waals surface area contributed by atoms with Crippen molar-refractivity contribution in [2.45, 2.75) is 19.4 Å². The van der Waals surface area contributed by atoms with Crippen molar-refractivity contribution in [2.24, 2.45) is 0 Å². The Bertz CT molecular complexity index is 89.8. The Balaban J connectivity index is 3.96. The third-order valence-corrected chi connectivity index (χ3v) is 4.78. The Morgan fingerprint density at radius 1 is 1.27 bits per heavy atom. The minimum atomic E-state index is -2.32. The maximum Gasteiger partial charge on any atom is 0.501 e. The smallest absolute Gasteiger partial charge is 0.377 e. The molecule has 0 amide bonds. The molecule has 0 rings (SSSR count). The SMILES string of the molecule is CCC[Si](OC)(OC)OCS. The first-order chi connectivity index (χ1) is 5.24. The van der Waals surface area contributed by atoms with Crippen molar-refractivity contribution in [1.82, 2.24) is 0 Å². The van der Waals surface area contributed by atoms with E-state index in [4.69, 9.17) is 13.3 Å². The first-order valence-corrected chi connectivity index (χ1v) is 6.16. The quantitative estimate of drug-likeness (QED) is 0.397. The van der Waals surface area contributed by atoms with Crippen LogP contribution in [0.3, 0.4) is 0 Å². The molecule has 0 saturated carbocycles. The van der Waals surface area contributed by atoms with Gasteiger partial charge in [-0.3, -0.25) is 0 Å². The molecule has 68 valence electrons. The summed E-state index contributed by atoms with van der Waals surface area (Å²) < 4.78 is 15.8. The van der Waals surface area contributed by atoms with E-state index in [2.05, 4.69) is 19.6 Å². The normalized spacial score (nSPS) is 12.0. The van der Waals surface area contributed by atoms with E-state index in [1.54, 1.807) is 14.2 Å². The topological polar surface area (TPSA) is 27.7 Å². The van der Waals surface area contributed by atoms with Gasteiger partial charge in [0, 0.05) is 20.3 Å². The van der Waals surface area contributed by atoms with Crippen LogP contribution < -0.4 is 0 Å². The molecule has 0 aliphatic carbocycles. The van der Waals surface area contributed by atoms with E-state index in [0.29, 0.717) is 5.94 Å². The first-order valence-electron chi connectivity index (χ1n) is 3.59. The van der Waals surface area contributed by atoms with Gasteiger partial charge in [0.15, 0.2) is 0 Å². The largest absolute Gasteiger partial charge is 0.501 e. The molecule has 0 aromatic carbocycles. The van der Waals surface area contributed by atoms with Crippen LogP contribution in [-0.4, -0.2) is 29.0 Å². The van der Waals surface area contributed by atoms with Gasteiger partial charge in [-0.15, -0.1) is 0 Å². The molecular formula is C6H16O3SSi. The Hall–Kier alpha value is 0.447. The van der Waals surface area contributed by atoms with Crippen molar-refractivity contribution in [2.75, 3.05) is 20.2 Å². The second kappa shape index (κ2) is 6.02. The average molecular weight is 196 g/mol. The number of hydrogen-bond acceptors (Lipinski definition) is 4. The van der Waals surface area contributed by atoms with Crippen LogP contribution in [0.2, 0.25) is 6.04 Å². The molecule has 0 atom stereocenters. The predicted octanol–water partition coefficient (Wildman–Crippen LogP) is 1.53. The molecule has 0 spiro atoms. The summed E-state index contributed by atoms with van der Waals surface area (Å²) in [6.07, 6.45) is 1.00. The van der Waals surface area contributed by atoms with E-state index in [1.807, 2.05) is 0 Å². The van der Waals surface area contributed by atoms with Crippen LogP contribution in [0.5, 0.6) is 0 Å². The van der Waals surface area contributed by atoms with E-state index >= 15 is 0 Å². The second-order valence-electron chi connectivity index (χ2n) is 2.11. The van der Waals surface area contributed by atoms with Crippen molar-refractivity contribution < 1.29 is 13.3 Å².